The summed E-state index contributed by atoms with van der Waals surface area (Å²) in [6.07, 6.45) is 0. The van der Waals surface area contributed by atoms with Crippen molar-refractivity contribution in [3.63, 3.8) is 0 Å². The van der Waals surface area contributed by atoms with Gasteiger partial charge in [-0.2, -0.15) is 0 Å². The number of carbonyl (C=O) groups is 1. The first-order valence-electron chi connectivity index (χ1n) is 6.43. The van der Waals surface area contributed by atoms with Crippen molar-refractivity contribution in [3.05, 3.63) is 54.1 Å². The normalized spacial score (nSPS) is 9.91. The number of thioether (sulfide) groups is 1. The van der Waals surface area contributed by atoms with Crippen molar-refractivity contribution < 1.29 is 14.3 Å². The third-order valence-electron chi connectivity index (χ3n) is 2.82. The lowest BCUT2D eigenvalue weighted by molar-refractivity contribution is 0.0600. The molecule has 0 spiro atoms. The van der Waals surface area contributed by atoms with E-state index in [1.807, 2.05) is 36.4 Å². The summed E-state index contributed by atoms with van der Waals surface area (Å²) >= 11 is 6.73. The molecule has 0 bridgehead atoms. The van der Waals surface area contributed by atoms with Gasteiger partial charge in [-0.15, -0.1) is 0 Å². The Labute approximate surface area is 138 Å². The van der Waals surface area contributed by atoms with Crippen LogP contribution in [0.3, 0.4) is 0 Å². The van der Waals surface area contributed by atoms with Crippen LogP contribution in [0.15, 0.2) is 53.4 Å². The Kier molecular flexibility index (Phi) is 5.80. The minimum atomic E-state index is -0.351. The molecule has 22 heavy (non-hydrogen) atoms. The predicted molar refractivity (Wildman–Crippen MR) is 92.9 cm³/mol. The molecule has 2 aromatic rings. The summed E-state index contributed by atoms with van der Waals surface area (Å²) in [5.74, 6) is 0.443. The fourth-order valence-corrected chi connectivity index (χ4v) is 2.76. The number of carbonyl (C=O) groups excluding carboxylic acids is 1. The summed E-state index contributed by atoms with van der Waals surface area (Å²) in [4.78, 5) is 12.3. The molecule has 0 heterocycles. The third-order valence-corrected chi connectivity index (χ3v) is 3.97. The fraction of sp³-hybridized carbons (Fsp3) is 0.125. The molecular weight excluding hydrogens is 318 g/mol. The Morgan fingerprint density at radius 3 is 2.23 bits per heavy atom. The Bertz CT molecular complexity index is 654. The van der Waals surface area contributed by atoms with Crippen LogP contribution in [0, 0.1) is 0 Å². The molecule has 0 atom stereocenters. The van der Waals surface area contributed by atoms with Crippen molar-refractivity contribution in [2.45, 2.75) is 4.90 Å². The van der Waals surface area contributed by atoms with Crippen LogP contribution < -0.4 is 10.1 Å². The van der Waals surface area contributed by atoms with Gasteiger partial charge >= 0.3 is 5.97 Å². The van der Waals surface area contributed by atoms with Crippen LogP contribution in [-0.2, 0) is 4.74 Å². The van der Waals surface area contributed by atoms with E-state index in [0.717, 1.165) is 16.3 Å². The second-order valence-electron chi connectivity index (χ2n) is 4.26. The van der Waals surface area contributed by atoms with Crippen LogP contribution in [0.25, 0.3) is 0 Å². The first-order chi connectivity index (χ1) is 10.6. The van der Waals surface area contributed by atoms with Gasteiger partial charge in [0.1, 0.15) is 10.1 Å². The van der Waals surface area contributed by atoms with Crippen molar-refractivity contribution in [2.24, 2.45) is 0 Å². The first-order valence-corrected chi connectivity index (χ1v) is 7.66. The van der Waals surface area contributed by atoms with E-state index >= 15 is 0 Å². The molecule has 0 aromatic heterocycles. The number of hydrogen-bond donors (Lipinski definition) is 1. The number of esters is 1. The summed E-state index contributed by atoms with van der Waals surface area (Å²) < 4.78 is 10.4. The van der Waals surface area contributed by atoms with E-state index in [1.54, 1.807) is 19.2 Å². The van der Waals surface area contributed by atoms with Gasteiger partial charge in [0.05, 0.1) is 19.8 Å². The van der Waals surface area contributed by atoms with E-state index in [4.69, 9.17) is 17.0 Å². The van der Waals surface area contributed by atoms with Crippen molar-refractivity contribution in [1.29, 1.82) is 0 Å². The Morgan fingerprint density at radius 1 is 1.05 bits per heavy atom. The minimum Gasteiger partial charge on any atom is -0.497 e. The highest BCUT2D eigenvalue weighted by Crippen LogP contribution is 2.23. The molecule has 1 N–H and O–H groups in total. The molecule has 0 aliphatic carbocycles. The molecule has 6 heteroatoms. The highest BCUT2D eigenvalue weighted by atomic mass is 32.2. The summed E-state index contributed by atoms with van der Waals surface area (Å²) in [7, 11) is 2.99. The Balaban J connectivity index is 1.94. The van der Waals surface area contributed by atoms with Crippen LogP contribution in [0.5, 0.6) is 5.75 Å². The van der Waals surface area contributed by atoms with Gasteiger partial charge in [-0.1, -0.05) is 24.0 Å². The monoisotopic (exact) mass is 333 g/mol. The molecule has 114 valence electrons. The number of nitrogens with one attached hydrogen (secondary N) is 1. The van der Waals surface area contributed by atoms with Gasteiger partial charge in [-0.25, -0.2) is 4.79 Å². The largest absolute Gasteiger partial charge is 0.497 e. The molecule has 0 amide bonds. The average Bonchev–Trinajstić information content (AvgIpc) is 2.55. The number of ether oxygens (including phenoxy) is 2. The van der Waals surface area contributed by atoms with E-state index < -0.39 is 0 Å². The van der Waals surface area contributed by atoms with Crippen LogP contribution >= 0.6 is 24.0 Å². The molecule has 0 fully saturated rings. The molecule has 0 aliphatic rings. The van der Waals surface area contributed by atoms with Crippen molar-refractivity contribution in [2.75, 3.05) is 19.5 Å². The molecule has 4 nitrogen and oxygen atoms in total. The molecule has 0 aliphatic heterocycles. The van der Waals surface area contributed by atoms with Crippen molar-refractivity contribution in [1.82, 2.24) is 0 Å². The van der Waals surface area contributed by atoms with Gasteiger partial charge in [0.15, 0.2) is 0 Å². The van der Waals surface area contributed by atoms with Crippen LogP contribution in [0.2, 0.25) is 0 Å². The van der Waals surface area contributed by atoms with Gasteiger partial charge in [0.2, 0.25) is 0 Å². The zero-order chi connectivity index (χ0) is 15.9. The average molecular weight is 333 g/mol. The maximum Gasteiger partial charge on any atom is 0.337 e. The highest BCUT2D eigenvalue weighted by molar-refractivity contribution is 8.23. The first kappa shape index (κ1) is 16.3. The second-order valence-corrected chi connectivity index (χ2v) is 6.01. The lowest BCUT2D eigenvalue weighted by atomic mass is 10.2. The van der Waals surface area contributed by atoms with Gasteiger partial charge in [-0.05, 0) is 48.5 Å². The number of benzene rings is 2. The fourth-order valence-electron chi connectivity index (χ4n) is 1.70. The smallest absolute Gasteiger partial charge is 0.337 e. The quantitative estimate of drug-likeness (QED) is 0.519. The van der Waals surface area contributed by atoms with E-state index in [2.05, 4.69) is 10.1 Å². The minimum absolute atomic E-state index is 0.351. The van der Waals surface area contributed by atoms with E-state index in [0.29, 0.717) is 9.88 Å². The number of hydrogen-bond acceptors (Lipinski definition) is 5. The number of anilines is 1. The number of methoxy groups -OCH3 is 2. The molecule has 0 saturated heterocycles. The second kappa shape index (κ2) is 7.82. The van der Waals surface area contributed by atoms with Gasteiger partial charge in [0.25, 0.3) is 0 Å². The molecule has 0 radical (unpaired) electrons. The zero-order valence-corrected chi connectivity index (χ0v) is 13.8. The van der Waals surface area contributed by atoms with E-state index in [-0.39, 0.29) is 5.97 Å². The number of rotatable bonds is 4. The predicted octanol–water partition coefficient (Wildman–Crippen LogP) is 3.97. The maximum absolute atomic E-state index is 11.4. The SMILES string of the molecule is COC(=O)c1ccc(SC(=S)Nc2ccc(OC)cc2)cc1. The van der Waals surface area contributed by atoms with E-state index in [1.165, 1.54) is 18.9 Å². The summed E-state index contributed by atoms with van der Waals surface area (Å²) in [6.45, 7) is 0. The summed E-state index contributed by atoms with van der Waals surface area (Å²) in [6, 6.07) is 14.6. The lowest BCUT2D eigenvalue weighted by Crippen LogP contribution is -2.04. The third kappa shape index (κ3) is 4.47. The topological polar surface area (TPSA) is 47.6 Å². The molecule has 0 saturated carbocycles. The maximum atomic E-state index is 11.4. The van der Waals surface area contributed by atoms with Gasteiger partial charge in [-0.3, -0.25) is 0 Å². The van der Waals surface area contributed by atoms with Crippen molar-refractivity contribution >= 4 is 40.0 Å². The Morgan fingerprint density at radius 2 is 1.68 bits per heavy atom. The molecule has 0 unspecified atom stereocenters. The standard InChI is InChI=1S/C16H15NO3S2/c1-19-13-7-5-12(6-8-13)17-16(21)22-14-9-3-11(4-10-14)15(18)20-2/h3-10H,1-2H3,(H,17,21). The molecular formula is C16H15NO3S2. The number of thiocarbonyl (C=S) groups is 1. The van der Waals surface area contributed by atoms with Gasteiger partial charge in [0, 0.05) is 10.6 Å². The Hall–Kier alpha value is -2.05. The lowest BCUT2D eigenvalue weighted by Gasteiger charge is -2.08. The van der Waals surface area contributed by atoms with E-state index in [9.17, 15) is 4.79 Å². The van der Waals surface area contributed by atoms with Crippen molar-refractivity contribution in [3.8, 4) is 5.75 Å². The summed E-state index contributed by atoms with van der Waals surface area (Å²) in [5.41, 5.74) is 1.41. The molecule has 2 rings (SSSR count). The van der Waals surface area contributed by atoms with Crippen LogP contribution in [-0.4, -0.2) is 24.5 Å². The summed E-state index contributed by atoms with van der Waals surface area (Å²) in [5, 5.41) is 3.14. The van der Waals surface area contributed by atoms with Crippen LogP contribution in [0.4, 0.5) is 5.69 Å². The van der Waals surface area contributed by atoms with Gasteiger partial charge < -0.3 is 14.8 Å². The highest BCUT2D eigenvalue weighted by Gasteiger charge is 2.06. The zero-order valence-electron chi connectivity index (χ0n) is 12.2. The molecule has 2 aromatic carbocycles. The van der Waals surface area contributed by atoms with Crippen LogP contribution in [0.1, 0.15) is 10.4 Å².